The van der Waals surface area contributed by atoms with Gasteiger partial charge in [0.2, 0.25) is 5.88 Å². The van der Waals surface area contributed by atoms with Gasteiger partial charge < -0.3 is 5.11 Å². The van der Waals surface area contributed by atoms with Crippen LogP contribution in [0, 0.1) is 4.77 Å². The molecular weight excluding hydrogens is 406 g/mol. The molecule has 29 heavy (non-hydrogen) atoms. The first-order valence-electron chi connectivity index (χ1n) is 8.82. The number of halogens is 1. The highest BCUT2D eigenvalue weighted by atomic mass is 35.5. The molecule has 2 aromatic carbocycles. The molecule has 2 heterocycles. The molecule has 1 aliphatic rings. The molecule has 0 spiro atoms. The largest absolute Gasteiger partial charge is 0.494 e. The molecule has 1 aliphatic heterocycles. The van der Waals surface area contributed by atoms with E-state index in [4.69, 9.17) is 28.8 Å². The van der Waals surface area contributed by atoms with E-state index in [1.165, 1.54) is 4.57 Å². The normalized spacial score (nSPS) is 14.0. The SMILES string of the molecule is C=CCn1c(O)c(C=C2C(c3cccc(Cl)c3)=Nc3ccccc32)c(=O)[nH]c1=S. The third kappa shape index (κ3) is 3.48. The molecule has 0 amide bonds. The molecule has 0 saturated carbocycles. The maximum atomic E-state index is 12.6. The highest BCUT2D eigenvalue weighted by Crippen LogP contribution is 2.38. The van der Waals surface area contributed by atoms with Gasteiger partial charge in [0.25, 0.3) is 5.56 Å². The van der Waals surface area contributed by atoms with Crippen molar-refractivity contribution in [1.82, 2.24) is 9.55 Å². The average Bonchev–Trinajstić information content (AvgIpc) is 3.07. The maximum absolute atomic E-state index is 12.6. The van der Waals surface area contributed by atoms with Gasteiger partial charge in [0.15, 0.2) is 4.77 Å². The van der Waals surface area contributed by atoms with Crippen LogP contribution in [-0.2, 0) is 6.54 Å². The standard InChI is InChI=1S/C22H16ClN3O2S/c1-2-10-26-21(28)17(20(27)25-22(26)29)12-16-15-8-3-4-9-18(15)24-19(16)13-6-5-7-14(23)11-13/h2-9,11-12,28H,1,10H2,(H,25,27,29). The fourth-order valence-electron chi connectivity index (χ4n) is 3.26. The van der Waals surface area contributed by atoms with Gasteiger partial charge >= 0.3 is 0 Å². The van der Waals surface area contributed by atoms with E-state index in [1.54, 1.807) is 18.2 Å². The number of hydrogen-bond acceptors (Lipinski definition) is 4. The van der Waals surface area contributed by atoms with E-state index < -0.39 is 5.56 Å². The highest BCUT2D eigenvalue weighted by molar-refractivity contribution is 7.71. The van der Waals surface area contributed by atoms with Crippen LogP contribution in [0.1, 0.15) is 16.7 Å². The Labute approximate surface area is 177 Å². The lowest BCUT2D eigenvalue weighted by atomic mass is 9.96. The molecule has 3 aromatic rings. The van der Waals surface area contributed by atoms with Crippen molar-refractivity contribution in [2.45, 2.75) is 6.54 Å². The number of benzene rings is 2. The third-order valence-electron chi connectivity index (χ3n) is 4.59. The summed E-state index contributed by atoms with van der Waals surface area (Å²) in [7, 11) is 0. The zero-order valence-corrected chi connectivity index (χ0v) is 16.8. The number of para-hydroxylation sites is 1. The van der Waals surface area contributed by atoms with Crippen LogP contribution >= 0.6 is 23.8 Å². The maximum Gasteiger partial charge on any atom is 0.262 e. The van der Waals surface area contributed by atoms with E-state index in [9.17, 15) is 9.90 Å². The lowest BCUT2D eigenvalue weighted by molar-refractivity contribution is 0.413. The van der Waals surface area contributed by atoms with Crippen LogP contribution < -0.4 is 5.56 Å². The number of aromatic nitrogens is 2. The minimum Gasteiger partial charge on any atom is -0.494 e. The number of fused-ring (bicyclic) bond motifs is 1. The molecule has 0 fully saturated rings. The quantitative estimate of drug-likeness (QED) is 0.453. The summed E-state index contributed by atoms with van der Waals surface area (Å²) in [5.74, 6) is -0.221. The van der Waals surface area contributed by atoms with E-state index in [0.29, 0.717) is 16.3 Å². The van der Waals surface area contributed by atoms with Gasteiger partial charge in [-0.3, -0.25) is 14.3 Å². The topological polar surface area (TPSA) is 70.4 Å². The minimum absolute atomic E-state index is 0.0990. The molecule has 1 aromatic heterocycles. The Bertz CT molecular complexity index is 1320. The van der Waals surface area contributed by atoms with Crippen molar-refractivity contribution in [3.05, 3.63) is 98.0 Å². The van der Waals surface area contributed by atoms with Gasteiger partial charge in [0.1, 0.15) is 5.56 Å². The summed E-state index contributed by atoms with van der Waals surface area (Å²) in [6.45, 7) is 3.93. The van der Waals surface area contributed by atoms with Crippen molar-refractivity contribution < 1.29 is 5.11 Å². The van der Waals surface area contributed by atoms with E-state index in [0.717, 1.165) is 16.8 Å². The Morgan fingerprint density at radius 1 is 1.24 bits per heavy atom. The van der Waals surface area contributed by atoms with Crippen LogP contribution in [0.15, 0.2) is 71.0 Å². The van der Waals surface area contributed by atoms with Crippen LogP contribution in [0.2, 0.25) is 5.02 Å². The number of aliphatic imine (C=N–C) groups is 1. The third-order valence-corrected chi connectivity index (χ3v) is 5.14. The smallest absolute Gasteiger partial charge is 0.262 e. The lowest BCUT2D eigenvalue weighted by Gasteiger charge is -2.11. The molecule has 2 N–H and O–H groups in total. The Hall–Kier alpha value is -3.22. The Kier molecular flexibility index (Phi) is 5.05. The summed E-state index contributed by atoms with van der Waals surface area (Å²) >= 11 is 11.3. The van der Waals surface area contributed by atoms with Gasteiger partial charge in [-0.1, -0.05) is 48.0 Å². The van der Waals surface area contributed by atoms with Gasteiger partial charge in [0, 0.05) is 28.3 Å². The summed E-state index contributed by atoms with van der Waals surface area (Å²) < 4.78 is 1.54. The second-order valence-corrected chi connectivity index (χ2v) is 7.26. The first kappa shape index (κ1) is 19.1. The van der Waals surface area contributed by atoms with Crippen molar-refractivity contribution in [2.75, 3.05) is 0 Å². The molecular formula is C22H16ClN3O2S. The fourth-order valence-corrected chi connectivity index (χ4v) is 3.70. The monoisotopic (exact) mass is 421 g/mol. The van der Waals surface area contributed by atoms with Crippen molar-refractivity contribution in [3.63, 3.8) is 0 Å². The fraction of sp³-hybridized carbons (Fsp3) is 0.0455. The molecule has 0 radical (unpaired) electrons. The molecule has 0 unspecified atom stereocenters. The Balaban J connectivity index is 1.97. The van der Waals surface area contributed by atoms with Crippen LogP contribution in [0.5, 0.6) is 5.88 Å². The summed E-state index contributed by atoms with van der Waals surface area (Å²) in [4.78, 5) is 19.9. The number of allylic oxidation sites excluding steroid dienone is 2. The number of H-pyrrole nitrogens is 1. The number of nitrogens with one attached hydrogen (secondary N) is 1. The van der Waals surface area contributed by atoms with E-state index in [2.05, 4.69) is 11.6 Å². The molecule has 0 aliphatic carbocycles. The second-order valence-electron chi connectivity index (χ2n) is 6.44. The van der Waals surface area contributed by atoms with Crippen LogP contribution in [0.3, 0.4) is 0 Å². The number of hydrogen-bond donors (Lipinski definition) is 2. The van der Waals surface area contributed by atoms with Crippen LogP contribution in [0.25, 0.3) is 11.6 Å². The van der Waals surface area contributed by atoms with Gasteiger partial charge in [-0.15, -0.1) is 6.58 Å². The highest BCUT2D eigenvalue weighted by Gasteiger charge is 2.23. The first-order chi connectivity index (χ1) is 14.0. The van der Waals surface area contributed by atoms with Gasteiger partial charge in [-0.05, 0) is 36.5 Å². The van der Waals surface area contributed by atoms with E-state index in [-0.39, 0.29) is 22.8 Å². The number of aromatic hydroxyl groups is 1. The molecule has 0 saturated heterocycles. The van der Waals surface area contributed by atoms with Gasteiger partial charge in [-0.25, -0.2) is 4.99 Å². The summed E-state index contributed by atoms with van der Waals surface area (Å²) in [6, 6.07) is 15.0. The van der Waals surface area contributed by atoms with Crippen molar-refractivity contribution >= 4 is 46.9 Å². The van der Waals surface area contributed by atoms with E-state index >= 15 is 0 Å². The van der Waals surface area contributed by atoms with Crippen LogP contribution in [-0.4, -0.2) is 20.4 Å². The average molecular weight is 422 g/mol. The van der Waals surface area contributed by atoms with Crippen molar-refractivity contribution in [3.8, 4) is 5.88 Å². The molecule has 5 nitrogen and oxygen atoms in total. The van der Waals surface area contributed by atoms with Crippen LogP contribution in [0.4, 0.5) is 5.69 Å². The predicted octanol–water partition coefficient (Wildman–Crippen LogP) is 5.13. The Morgan fingerprint density at radius 3 is 2.79 bits per heavy atom. The minimum atomic E-state index is -0.477. The second kappa shape index (κ2) is 7.66. The van der Waals surface area contributed by atoms with Gasteiger partial charge in [0.05, 0.1) is 11.4 Å². The first-order valence-corrected chi connectivity index (χ1v) is 9.61. The molecule has 7 heteroatoms. The molecule has 4 rings (SSSR count). The predicted molar refractivity (Wildman–Crippen MR) is 120 cm³/mol. The zero-order chi connectivity index (χ0) is 20.5. The molecule has 0 bridgehead atoms. The zero-order valence-electron chi connectivity index (χ0n) is 15.2. The molecule has 0 atom stereocenters. The molecule has 144 valence electrons. The number of aromatic amines is 1. The van der Waals surface area contributed by atoms with Crippen molar-refractivity contribution in [2.24, 2.45) is 4.99 Å². The Morgan fingerprint density at radius 2 is 2.03 bits per heavy atom. The summed E-state index contributed by atoms with van der Waals surface area (Å²) in [6.07, 6.45) is 3.22. The summed E-state index contributed by atoms with van der Waals surface area (Å²) in [5, 5.41) is 11.3. The summed E-state index contributed by atoms with van der Waals surface area (Å²) in [5.41, 5.74) is 3.46. The number of rotatable bonds is 4. The van der Waals surface area contributed by atoms with Crippen molar-refractivity contribution in [1.29, 1.82) is 0 Å². The lowest BCUT2D eigenvalue weighted by Crippen LogP contribution is -2.17. The number of nitrogens with zero attached hydrogens (tertiary/aromatic N) is 2. The van der Waals surface area contributed by atoms with Gasteiger partial charge in [-0.2, -0.15) is 0 Å². The van der Waals surface area contributed by atoms with E-state index in [1.807, 2.05) is 42.5 Å².